The molecule has 1 aromatic rings. The van der Waals surface area contributed by atoms with E-state index >= 15 is 0 Å². The van der Waals surface area contributed by atoms with Crippen molar-refractivity contribution in [3.05, 3.63) is 23.3 Å². The maximum absolute atomic E-state index is 12.0. The molecule has 1 heterocycles. The summed E-state index contributed by atoms with van der Waals surface area (Å²) >= 11 is 0. The Balaban J connectivity index is 2.18. The Bertz CT molecular complexity index is 618. The van der Waals surface area contributed by atoms with Gasteiger partial charge in [-0.2, -0.15) is 0 Å². The number of primary amides is 1. The minimum atomic E-state index is -0.829. The molecule has 24 heavy (non-hydrogen) atoms. The molecule has 0 aliphatic carbocycles. The number of hydrogen-bond donors (Lipinski definition) is 2. The van der Waals surface area contributed by atoms with Crippen molar-refractivity contribution in [3.63, 3.8) is 0 Å². The van der Waals surface area contributed by atoms with Gasteiger partial charge in [-0.25, -0.2) is 4.79 Å². The van der Waals surface area contributed by atoms with E-state index in [1.165, 1.54) is 5.56 Å². The van der Waals surface area contributed by atoms with Crippen molar-refractivity contribution in [1.82, 2.24) is 10.2 Å². The Morgan fingerprint density at radius 3 is 2.33 bits per heavy atom. The normalized spacial score (nSPS) is 15.3. The van der Waals surface area contributed by atoms with Gasteiger partial charge in [0.25, 0.3) is 0 Å². The molecule has 1 aliphatic rings. The third kappa shape index (κ3) is 4.17. The van der Waals surface area contributed by atoms with Crippen LogP contribution in [0.2, 0.25) is 0 Å². The molecule has 0 saturated heterocycles. The molecule has 0 radical (unpaired) electrons. The molecule has 1 aromatic carbocycles. The lowest BCUT2D eigenvalue weighted by Crippen LogP contribution is -2.49. The molecule has 0 aromatic heterocycles. The van der Waals surface area contributed by atoms with E-state index < -0.39 is 12.1 Å². The lowest BCUT2D eigenvalue weighted by atomic mass is 9.97. The number of amides is 3. The summed E-state index contributed by atoms with van der Waals surface area (Å²) in [4.78, 5) is 24.8. The average Bonchev–Trinajstić information content (AvgIpc) is 2.54. The third-order valence-corrected chi connectivity index (χ3v) is 4.08. The highest BCUT2D eigenvalue weighted by molar-refractivity contribution is 5.96. The predicted octanol–water partition coefficient (Wildman–Crippen LogP) is 1.43. The standard InChI is InChI=1S/C17H25N3O4/c1-4-23-14-8-12-6-7-20(11(3)16(21)19-17(18)22)10-13(12)9-15(14)24-5-2/h8-9,11H,4-7,10H2,1-3H3,(H3,18,19,21,22)/t11-/m0/s1. The number of nitrogens with two attached hydrogens (primary N) is 1. The molecule has 132 valence electrons. The fourth-order valence-corrected chi connectivity index (χ4v) is 2.84. The number of urea groups is 1. The van der Waals surface area contributed by atoms with Crippen LogP contribution in [0.15, 0.2) is 12.1 Å². The van der Waals surface area contributed by atoms with Crippen molar-refractivity contribution in [2.75, 3.05) is 19.8 Å². The highest BCUT2D eigenvalue weighted by Gasteiger charge is 2.27. The smallest absolute Gasteiger partial charge is 0.318 e. The van der Waals surface area contributed by atoms with E-state index in [4.69, 9.17) is 15.2 Å². The lowest BCUT2D eigenvalue weighted by molar-refractivity contribution is -0.125. The molecule has 0 saturated carbocycles. The number of rotatable bonds is 6. The van der Waals surface area contributed by atoms with Gasteiger partial charge in [0, 0.05) is 13.1 Å². The van der Waals surface area contributed by atoms with Crippen molar-refractivity contribution < 1.29 is 19.1 Å². The van der Waals surface area contributed by atoms with E-state index in [2.05, 4.69) is 5.32 Å². The van der Waals surface area contributed by atoms with Crippen LogP contribution in [0, 0.1) is 0 Å². The fraction of sp³-hybridized carbons (Fsp3) is 0.529. The number of imide groups is 1. The Morgan fingerprint density at radius 2 is 1.79 bits per heavy atom. The summed E-state index contributed by atoms with van der Waals surface area (Å²) in [6, 6.07) is 2.74. The fourth-order valence-electron chi connectivity index (χ4n) is 2.84. The van der Waals surface area contributed by atoms with Crippen LogP contribution in [-0.4, -0.2) is 42.6 Å². The van der Waals surface area contributed by atoms with E-state index in [0.717, 1.165) is 24.3 Å². The second kappa shape index (κ2) is 8.01. The largest absolute Gasteiger partial charge is 0.490 e. The number of ether oxygens (including phenoxy) is 2. The first-order chi connectivity index (χ1) is 11.5. The minimum Gasteiger partial charge on any atom is -0.490 e. The molecular formula is C17H25N3O4. The van der Waals surface area contributed by atoms with E-state index in [9.17, 15) is 9.59 Å². The first kappa shape index (κ1) is 18.1. The van der Waals surface area contributed by atoms with E-state index in [-0.39, 0.29) is 5.91 Å². The quantitative estimate of drug-likeness (QED) is 0.820. The van der Waals surface area contributed by atoms with Gasteiger partial charge >= 0.3 is 6.03 Å². The third-order valence-electron chi connectivity index (χ3n) is 4.08. The molecule has 0 fully saturated rings. The number of hydrogen-bond acceptors (Lipinski definition) is 5. The average molecular weight is 335 g/mol. The van der Waals surface area contributed by atoms with Crippen LogP contribution in [-0.2, 0) is 17.8 Å². The maximum atomic E-state index is 12.0. The topological polar surface area (TPSA) is 93.9 Å². The summed E-state index contributed by atoms with van der Waals surface area (Å²) in [6.45, 7) is 8.10. The van der Waals surface area contributed by atoms with Crippen molar-refractivity contribution in [2.24, 2.45) is 5.73 Å². The number of benzene rings is 1. The van der Waals surface area contributed by atoms with Gasteiger partial charge < -0.3 is 15.2 Å². The summed E-state index contributed by atoms with van der Waals surface area (Å²) in [5.74, 6) is 1.09. The van der Waals surface area contributed by atoms with Crippen molar-refractivity contribution in [3.8, 4) is 11.5 Å². The zero-order valence-electron chi connectivity index (χ0n) is 14.4. The lowest BCUT2D eigenvalue weighted by Gasteiger charge is -2.33. The number of carbonyl (C=O) groups is 2. The molecule has 1 atom stereocenters. The van der Waals surface area contributed by atoms with Crippen LogP contribution in [0.4, 0.5) is 4.79 Å². The molecule has 2 rings (SSSR count). The monoisotopic (exact) mass is 335 g/mol. The molecular weight excluding hydrogens is 310 g/mol. The first-order valence-electron chi connectivity index (χ1n) is 8.22. The highest BCUT2D eigenvalue weighted by Crippen LogP contribution is 2.34. The second-order valence-corrected chi connectivity index (χ2v) is 5.68. The number of carbonyl (C=O) groups excluding carboxylic acids is 2. The van der Waals surface area contributed by atoms with Crippen LogP contribution >= 0.6 is 0 Å². The molecule has 1 aliphatic heterocycles. The minimum absolute atomic E-state index is 0.387. The van der Waals surface area contributed by atoms with Gasteiger partial charge in [-0.05, 0) is 50.5 Å². The van der Waals surface area contributed by atoms with Gasteiger partial charge in [0.1, 0.15) is 0 Å². The van der Waals surface area contributed by atoms with E-state index in [1.54, 1.807) is 6.92 Å². The summed E-state index contributed by atoms with van der Waals surface area (Å²) in [7, 11) is 0. The van der Waals surface area contributed by atoms with Crippen LogP contribution in [0.25, 0.3) is 0 Å². The Labute approximate surface area is 142 Å². The van der Waals surface area contributed by atoms with Gasteiger partial charge in [0.2, 0.25) is 5.91 Å². The van der Waals surface area contributed by atoms with Gasteiger partial charge in [-0.15, -0.1) is 0 Å². The van der Waals surface area contributed by atoms with Gasteiger partial charge in [0.15, 0.2) is 11.5 Å². The molecule has 3 N–H and O–H groups in total. The van der Waals surface area contributed by atoms with Crippen LogP contribution in [0.1, 0.15) is 31.9 Å². The number of fused-ring (bicyclic) bond motifs is 1. The van der Waals surface area contributed by atoms with E-state index in [0.29, 0.717) is 25.5 Å². The van der Waals surface area contributed by atoms with Crippen molar-refractivity contribution in [1.29, 1.82) is 0 Å². The molecule has 0 bridgehead atoms. The number of nitrogens with one attached hydrogen (secondary N) is 1. The van der Waals surface area contributed by atoms with Gasteiger partial charge in [-0.3, -0.25) is 15.0 Å². The molecule has 0 unspecified atom stereocenters. The SMILES string of the molecule is CCOc1cc2c(cc1OCC)CN([C@@H](C)C(=O)NC(N)=O)CC2. The summed E-state index contributed by atoms with van der Waals surface area (Å²) < 4.78 is 11.3. The van der Waals surface area contributed by atoms with Gasteiger partial charge in [-0.1, -0.05) is 0 Å². The molecule has 7 heteroatoms. The Kier molecular flexibility index (Phi) is 6.03. The van der Waals surface area contributed by atoms with Gasteiger partial charge in [0.05, 0.1) is 19.3 Å². The van der Waals surface area contributed by atoms with Crippen molar-refractivity contribution >= 4 is 11.9 Å². The molecule has 0 spiro atoms. The van der Waals surface area contributed by atoms with Crippen molar-refractivity contribution in [2.45, 2.75) is 39.8 Å². The highest BCUT2D eigenvalue weighted by atomic mass is 16.5. The summed E-state index contributed by atoms with van der Waals surface area (Å²) in [5, 5.41) is 2.13. The van der Waals surface area contributed by atoms with Crippen LogP contribution < -0.4 is 20.5 Å². The maximum Gasteiger partial charge on any atom is 0.318 e. The summed E-state index contributed by atoms with van der Waals surface area (Å²) in [6.07, 6.45) is 0.802. The predicted molar refractivity (Wildman–Crippen MR) is 90.1 cm³/mol. The zero-order chi connectivity index (χ0) is 17.7. The molecule has 3 amide bonds. The second-order valence-electron chi connectivity index (χ2n) is 5.68. The first-order valence-corrected chi connectivity index (χ1v) is 8.22. The number of nitrogens with zero attached hydrogens (tertiary/aromatic N) is 1. The zero-order valence-corrected chi connectivity index (χ0v) is 14.4. The molecule has 7 nitrogen and oxygen atoms in total. The Morgan fingerprint density at radius 1 is 1.21 bits per heavy atom. The van der Waals surface area contributed by atoms with Crippen LogP contribution in [0.3, 0.4) is 0 Å². The summed E-state index contributed by atoms with van der Waals surface area (Å²) in [5.41, 5.74) is 7.31. The van der Waals surface area contributed by atoms with E-state index in [1.807, 2.05) is 30.9 Å². The van der Waals surface area contributed by atoms with Crippen LogP contribution in [0.5, 0.6) is 11.5 Å². The Hall–Kier alpha value is -2.28.